The Labute approximate surface area is 155 Å². The summed E-state index contributed by atoms with van der Waals surface area (Å²) in [6, 6.07) is 15.1. The molecule has 1 aromatic heterocycles. The molecule has 0 saturated carbocycles. The number of aromatic nitrogens is 3. The third-order valence-corrected chi connectivity index (χ3v) is 3.92. The van der Waals surface area contributed by atoms with Crippen LogP contribution in [0.3, 0.4) is 0 Å². The molecule has 0 aliphatic heterocycles. The van der Waals surface area contributed by atoms with Gasteiger partial charge in [-0.15, -0.1) is 0 Å². The predicted molar refractivity (Wildman–Crippen MR) is 104 cm³/mol. The fourth-order valence-corrected chi connectivity index (χ4v) is 2.64. The average Bonchev–Trinajstić information content (AvgIpc) is 3.00. The molecule has 3 aromatic rings. The Balaban J connectivity index is 1.86. The van der Waals surface area contributed by atoms with E-state index in [1.54, 1.807) is 24.1 Å². The van der Waals surface area contributed by atoms with Crippen molar-refractivity contribution in [2.24, 2.45) is 5.10 Å². The molecule has 0 radical (unpaired) electrons. The van der Waals surface area contributed by atoms with Crippen LogP contribution in [0.1, 0.15) is 5.56 Å². The van der Waals surface area contributed by atoms with E-state index in [9.17, 15) is 0 Å². The second-order valence-electron chi connectivity index (χ2n) is 5.04. The molecular weight excluding hydrogens is 356 g/mol. The number of allylic oxidation sites excluding steroid dienone is 1. The highest BCUT2D eigenvalue weighted by Gasteiger charge is 2.08. The van der Waals surface area contributed by atoms with Crippen molar-refractivity contribution in [3.63, 3.8) is 0 Å². The summed E-state index contributed by atoms with van der Waals surface area (Å²) in [5.74, 6) is 1.39. The Morgan fingerprint density at radius 2 is 2.08 bits per heavy atom. The quantitative estimate of drug-likeness (QED) is 0.517. The van der Waals surface area contributed by atoms with Crippen molar-refractivity contribution in [3.05, 3.63) is 70.0 Å². The van der Waals surface area contributed by atoms with Crippen molar-refractivity contribution in [1.82, 2.24) is 14.9 Å². The van der Waals surface area contributed by atoms with Crippen molar-refractivity contribution in [2.75, 3.05) is 7.11 Å². The van der Waals surface area contributed by atoms with E-state index in [0.29, 0.717) is 15.6 Å². The van der Waals surface area contributed by atoms with E-state index in [4.69, 9.17) is 28.6 Å². The third kappa shape index (κ3) is 4.04. The Morgan fingerprint density at radius 3 is 2.88 bits per heavy atom. The van der Waals surface area contributed by atoms with Crippen molar-refractivity contribution >= 4 is 36.1 Å². The van der Waals surface area contributed by atoms with E-state index in [1.807, 2.05) is 54.6 Å². The number of H-pyrrole nitrogens is 1. The number of methoxy groups -OCH3 is 1. The predicted octanol–water partition coefficient (Wildman–Crippen LogP) is 4.82. The summed E-state index contributed by atoms with van der Waals surface area (Å²) >= 11 is 11.3. The van der Waals surface area contributed by atoms with Gasteiger partial charge < -0.3 is 4.74 Å². The number of hydrogen-bond donors (Lipinski definition) is 1. The van der Waals surface area contributed by atoms with Crippen LogP contribution in [0.4, 0.5) is 0 Å². The van der Waals surface area contributed by atoms with Gasteiger partial charge in [-0.3, -0.25) is 0 Å². The summed E-state index contributed by atoms with van der Waals surface area (Å²) in [6.45, 7) is 0. The normalized spacial score (nSPS) is 11.4. The van der Waals surface area contributed by atoms with Crippen molar-refractivity contribution < 1.29 is 4.74 Å². The lowest BCUT2D eigenvalue weighted by molar-refractivity contribution is 0.414. The smallest absolute Gasteiger partial charge is 0.216 e. The molecule has 0 bridgehead atoms. The molecule has 3 rings (SSSR count). The van der Waals surface area contributed by atoms with E-state index in [2.05, 4.69) is 15.3 Å². The van der Waals surface area contributed by atoms with Crippen LogP contribution >= 0.6 is 23.8 Å². The van der Waals surface area contributed by atoms with Crippen LogP contribution in [0.25, 0.3) is 17.5 Å². The Morgan fingerprint density at radius 1 is 1.24 bits per heavy atom. The van der Waals surface area contributed by atoms with Gasteiger partial charge in [0.05, 0.1) is 7.11 Å². The van der Waals surface area contributed by atoms with E-state index >= 15 is 0 Å². The molecule has 0 saturated heterocycles. The van der Waals surface area contributed by atoms with Crippen LogP contribution in [-0.2, 0) is 0 Å². The summed E-state index contributed by atoms with van der Waals surface area (Å²) in [7, 11) is 1.64. The monoisotopic (exact) mass is 370 g/mol. The van der Waals surface area contributed by atoms with E-state index < -0.39 is 0 Å². The van der Waals surface area contributed by atoms with Crippen molar-refractivity contribution in [3.8, 4) is 17.1 Å². The lowest BCUT2D eigenvalue weighted by atomic mass is 10.2. The Bertz CT molecular complexity index is 990. The van der Waals surface area contributed by atoms with Gasteiger partial charge in [0.15, 0.2) is 5.82 Å². The van der Waals surface area contributed by atoms with Gasteiger partial charge >= 0.3 is 0 Å². The van der Waals surface area contributed by atoms with E-state index in [1.165, 1.54) is 0 Å². The summed E-state index contributed by atoms with van der Waals surface area (Å²) in [6.07, 6.45) is 5.37. The van der Waals surface area contributed by atoms with Gasteiger partial charge in [-0.05, 0) is 42.6 Å². The van der Waals surface area contributed by atoms with Crippen LogP contribution in [0.5, 0.6) is 5.75 Å². The Hall–Kier alpha value is -2.70. The molecule has 0 amide bonds. The second-order valence-corrected chi connectivity index (χ2v) is 5.86. The van der Waals surface area contributed by atoms with Crippen LogP contribution < -0.4 is 4.74 Å². The van der Waals surface area contributed by atoms with Crippen LogP contribution in [0.15, 0.2) is 59.7 Å². The molecule has 0 aliphatic rings. The lowest BCUT2D eigenvalue weighted by Crippen LogP contribution is -1.93. The molecule has 5 nitrogen and oxygen atoms in total. The zero-order valence-corrected chi connectivity index (χ0v) is 15.0. The van der Waals surface area contributed by atoms with Crippen LogP contribution in [0.2, 0.25) is 5.02 Å². The van der Waals surface area contributed by atoms with Gasteiger partial charge in [-0.2, -0.15) is 14.9 Å². The first-order chi connectivity index (χ1) is 12.2. The van der Waals surface area contributed by atoms with Gasteiger partial charge in [0.1, 0.15) is 5.75 Å². The fourth-order valence-electron chi connectivity index (χ4n) is 2.27. The minimum atomic E-state index is 0.400. The number of halogens is 1. The van der Waals surface area contributed by atoms with E-state index in [-0.39, 0.29) is 0 Å². The molecule has 0 spiro atoms. The molecule has 2 aromatic carbocycles. The topological polar surface area (TPSA) is 55.2 Å². The van der Waals surface area contributed by atoms with Crippen LogP contribution in [-0.4, -0.2) is 28.2 Å². The van der Waals surface area contributed by atoms with Gasteiger partial charge in [-0.25, -0.2) is 5.10 Å². The van der Waals surface area contributed by atoms with Gasteiger partial charge in [0.25, 0.3) is 0 Å². The molecule has 7 heteroatoms. The van der Waals surface area contributed by atoms with Gasteiger partial charge in [-0.1, -0.05) is 41.9 Å². The maximum atomic E-state index is 6.04. The SMILES string of the molecule is COc1ccccc1C=CC=Nn1c(-c2cccc(Cl)c2)n[nH]c1=S. The number of para-hydroxylation sites is 1. The maximum Gasteiger partial charge on any atom is 0.216 e. The number of benzene rings is 2. The first kappa shape index (κ1) is 17.1. The molecule has 25 heavy (non-hydrogen) atoms. The molecule has 0 aliphatic carbocycles. The largest absolute Gasteiger partial charge is 0.496 e. The number of nitrogens with one attached hydrogen (secondary N) is 1. The van der Waals surface area contributed by atoms with Gasteiger partial charge in [0.2, 0.25) is 4.77 Å². The first-order valence-corrected chi connectivity index (χ1v) is 8.25. The maximum absolute atomic E-state index is 6.04. The summed E-state index contributed by atoms with van der Waals surface area (Å²) in [5, 5.41) is 12.0. The minimum absolute atomic E-state index is 0.400. The first-order valence-electron chi connectivity index (χ1n) is 7.46. The number of rotatable bonds is 5. The third-order valence-electron chi connectivity index (χ3n) is 3.42. The Kier molecular flexibility index (Phi) is 5.42. The molecular formula is C18H15ClN4OS. The minimum Gasteiger partial charge on any atom is -0.496 e. The van der Waals surface area contributed by atoms with Crippen molar-refractivity contribution in [1.29, 1.82) is 0 Å². The highest BCUT2D eigenvalue weighted by Crippen LogP contribution is 2.21. The standard InChI is InChI=1S/C18H15ClN4OS/c1-24-16-10-3-2-6-13(16)8-5-11-20-23-17(21-22-18(23)25)14-7-4-9-15(19)12-14/h2-12H,1H3,(H,22,25). The molecule has 126 valence electrons. The fraction of sp³-hybridized carbons (Fsp3) is 0.0556. The number of nitrogens with zero attached hydrogens (tertiary/aromatic N) is 3. The summed E-state index contributed by atoms with van der Waals surface area (Å²) < 4.78 is 7.26. The second kappa shape index (κ2) is 7.92. The zero-order valence-electron chi connectivity index (χ0n) is 13.4. The molecule has 0 unspecified atom stereocenters. The molecule has 1 heterocycles. The highest BCUT2D eigenvalue weighted by atomic mass is 35.5. The molecule has 1 N–H and O–H groups in total. The number of aromatic amines is 1. The summed E-state index contributed by atoms with van der Waals surface area (Å²) in [4.78, 5) is 0. The van der Waals surface area contributed by atoms with Crippen LogP contribution in [0, 0.1) is 4.77 Å². The van der Waals surface area contributed by atoms with Gasteiger partial charge in [0, 0.05) is 22.4 Å². The zero-order chi connectivity index (χ0) is 17.6. The highest BCUT2D eigenvalue weighted by molar-refractivity contribution is 7.71. The number of ether oxygens (including phenoxy) is 1. The molecule has 0 atom stereocenters. The average molecular weight is 371 g/mol. The summed E-state index contributed by atoms with van der Waals surface area (Å²) in [5.41, 5.74) is 1.79. The molecule has 0 fully saturated rings. The van der Waals surface area contributed by atoms with E-state index in [0.717, 1.165) is 16.9 Å². The lowest BCUT2D eigenvalue weighted by Gasteiger charge is -2.02. The number of hydrogen-bond acceptors (Lipinski definition) is 4. The van der Waals surface area contributed by atoms with Crippen molar-refractivity contribution in [2.45, 2.75) is 0 Å².